The summed E-state index contributed by atoms with van der Waals surface area (Å²) in [5, 5.41) is 1.92. The topological polar surface area (TPSA) is 121 Å². The molecule has 212 valence electrons. The average molecular weight is 549 g/mol. The van der Waals surface area contributed by atoms with Crippen molar-refractivity contribution in [3.63, 3.8) is 0 Å². The molecule has 1 saturated heterocycles. The molecule has 0 aliphatic carbocycles. The summed E-state index contributed by atoms with van der Waals surface area (Å²) in [6.07, 6.45) is -0.181. The fraction of sp³-hybridized carbons (Fsp3) is 0.464. The number of hydrogen-bond acceptors (Lipinski definition) is 9. The van der Waals surface area contributed by atoms with E-state index < -0.39 is 23.4 Å². The highest BCUT2D eigenvalue weighted by Gasteiger charge is 2.36. The number of nitrogens with one attached hydrogen (secondary N) is 1. The molecule has 3 amide bonds. The van der Waals surface area contributed by atoms with Gasteiger partial charge in [-0.3, -0.25) is 24.7 Å². The number of hydrogen-bond donors (Lipinski definition) is 1. The summed E-state index contributed by atoms with van der Waals surface area (Å²) in [4.78, 5) is 58.7. The van der Waals surface area contributed by atoms with Crippen LogP contribution in [-0.4, -0.2) is 90.4 Å². The van der Waals surface area contributed by atoms with Gasteiger partial charge in [-0.25, -0.2) is 9.78 Å². The van der Waals surface area contributed by atoms with E-state index in [1.807, 2.05) is 52.9 Å². The fourth-order valence-electron chi connectivity index (χ4n) is 4.78. The van der Waals surface area contributed by atoms with E-state index in [1.165, 1.54) is 7.11 Å². The first-order valence-corrected chi connectivity index (χ1v) is 13.4. The van der Waals surface area contributed by atoms with Crippen LogP contribution in [0.15, 0.2) is 35.4 Å². The van der Waals surface area contributed by atoms with Gasteiger partial charge in [-0.05, 0) is 51.8 Å². The molecule has 11 nitrogen and oxygen atoms in total. The van der Waals surface area contributed by atoms with Crippen LogP contribution in [-0.2, 0) is 30.4 Å². The molecular formula is C28H36BN5O6. The first kappa shape index (κ1) is 29.1. The van der Waals surface area contributed by atoms with Crippen molar-refractivity contribution in [2.45, 2.75) is 52.7 Å². The van der Waals surface area contributed by atoms with E-state index in [1.54, 1.807) is 11.8 Å². The van der Waals surface area contributed by atoms with Gasteiger partial charge in [0.15, 0.2) is 0 Å². The lowest BCUT2D eigenvalue weighted by Crippen LogP contribution is -2.49. The van der Waals surface area contributed by atoms with Gasteiger partial charge in [-0.15, -0.1) is 0 Å². The number of pyridine rings is 1. The molecule has 1 aromatic heterocycles. The third kappa shape index (κ3) is 6.61. The summed E-state index contributed by atoms with van der Waals surface area (Å²) in [6, 6.07) is 7.86. The van der Waals surface area contributed by atoms with Crippen molar-refractivity contribution >= 4 is 53.9 Å². The second-order valence-electron chi connectivity index (χ2n) is 11.2. The first-order valence-electron chi connectivity index (χ1n) is 13.4. The highest BCUT2D eigenvalue weighted by atomic mass is 16.6. The summed E-state index contributed by atoms with van der Waals surface area (Å²) in [5.41, 5.74) is 5.69. The van der Waals surface area contributed by atoms with Crippen LogP contribution in [0.3, 0.4) is 0 Å². The van der Waals surface area contributed by atoms with Crippen molar-refractivity contribution in [3.8, 4) is 0 Å². The quantitative estimate of drug-likeness (QED) is 0.311. The highest BCUT2D eigenvalue weighted by Crippen LogP contribution is 2.27. The number of hydrazine groups is 1. The molecule has 3 heterocycles. The van der Waals surface area contributed by atoms with Crippen molar-refractivity contribution in [1.82, 2.24) is 19.8 Å². The number of rotatable bonds is 7. The zero-order valence-electron chi connectivity index (χ0n) is 24.0. The lowest BCUT2D eigenvalue weighted by atomic mass is 9.94. The molecule has 2 aromatic rings. The number of esters is 1. The van der Waals surface area contributed by atoms with Gasteiger partial charge in [-0.2, -0.15) is 5.01 Å². The predicted molar refractivity (Wildman–Crippen MR) is 152 cm³/mol. The van der Waals surface area contributed by atoms with Gasteiger partial charge in [0, 0.05) is 55.7 Å². The zero-order chi connectivity index (χ0) is 29.2. The number of nitrogens with zero attached hydrogens (tertiary/aromatic N) is 4. The van der Waals surface area contributed by atoms with Crippen molar-refractivity contribution < 1.29 is 28.7 Å². The molecule has 40 heavy (non-hydrogen) atoms. The van der Waals surface area contributed by atoms with Gasteiger partial charge >= 0.3 is 12.1 Å². The van der Waals surface area contributed by atoms with Crippen molar-refractivity contribution in [2.24, 2.45) is 0 Å². The second kappa shape index (κ2) is 11.7. The molecule has 0 saturated carbocycles. The molecule has 0 atom stereocenters. The molecule has 0 spiro atoms. The Labute approximate surface area is 234 Å². The van der Waals surface area contributed by atoms with E-state index >= 15 is 0 Å². The number of methoxy groups -OCH3 is 1. The van der Waals surface area contributed by atoms with E-state index in [2.05, 4.69) is 15.1 Å². The van der Waals surface area contributed by atoms with E-state index in [9.17, 15) is 19.2 Å². The summed E-state index contributed by atoms with van der Waals surface area (Å²) >= 11 is 0. The first-order chi connectivity index (χ1) is 18.9. The maximum Gasteiger partial charge on any atom is 0.410 e. The maximum absolute atomic E-state index is 13.1. The lowest BCUT2D eigenvalue weighted by Gasteiger charge is -2.35. The number of fused-ring (bicyclic) bond motifs is 1. The molecule has 1 fully saturated rings. The molecule has 2 aliphatic heterocycles. The largest absolute Gasteiger partial charge is 0.469 e. The van der Waals surface area contributed by atoms with Crippen LogP contribution in [0.5, 0.6) is 0 Å². The van der Waals surface area contributed by atoms with E-state index in [0.717, 1.165) is 26.9 Å². The third-order valence-electron chi connectivity index (χ3n) is 6.94. The maximum atomic E-state index is 13.1. The van der Waals surface area contributed by atoms with Crippen molar-refractivity contribution in [2.75, 3.05) is 38.7 Å². The number of imide groups is 1. The molecule has 1 aromatic carbocycles. The highest BCUT2D eigenvalue weighted by molar-refractivity contribution is 6.33. The molecule has 1 N–H and O–H groups in total. The SMILES string of the molecule is Bc1ccc2c(CN3CCN(C(=O)OC(C)(C)C)CC3)cc(NN3C(=O)C(C)=C(CCC(=O)OC)C3=O)nc2c1. The summed E-state index contributed by atoms with van der Waals surface area (Å²) in [5.74, 6) is -1.06. The van der Waals surface area contributed by atoms with Crippen LogP contribution in [0, 0.1) is 0 Å². The number of amides is 3. The minimum Gasteiger partial charge on any atom is -0.469 e. The summed E-state index contributed by atoms with van der Waals surface area (Å²) in [6.45, 7) is 10.2. The van der Waals surface area contributed by atoms with Gasteiger partial charge in [0.2, 0.25) is 0 Å². The van der Waals surface area contributed by atoms with Crippen molar-refractivity contribution in [1.29, 1.82) is 0 Å². The number of anilines is 1. The number of carbonyl (C=O) groups excluding carboxylic acids is 4. The smallest absolute Gasteiger partial charge is 0.410 e. The number of benzene rings is 1. The lowest BCUT2D eigenvalue weighted by molar-refractivity contribution is -0.140. The van der Waals surface area contributed by atoms with Crippen molar-refractivity contribution in [3.05, 3.63) is 41.0 Å². The van der Waals surface area contributed by atoms with E-state index in [0.29, 0.717) is 44.1 Å². The van der Waals surface area contributed by atoms with Gasteiger partial charge < -0.3 is 14.4 Å². The Morgan fingerprint density at radius 2 is 1.77 bits per heavy atom. The van der Waals surface area contributed by atoms with Crippen LogP contribution in [0.4, 0.5) is 10.6 Å². The Morgan fingerprint density at radius 3 is 2.42 bits per heavy atom. The molecule has 0 unspecified atom stereocenters. The molecule has 0 bridgehead atoms. The van der Waals surface area contributed by atoms with Gasteiger partial charge in [0.05, 0.1) is 12.6 Å². The summed E-state index contributed by atoms with van der Waals surface area (Å²) in [7, 11) is 3.26. The van der Waals surface area contributed by atoms with Crippen LogP contribution in [0.25, 0.3) is 10.9 Å². The number of aromatic nitrogens is 1. The van der Waals surface area contributed by atoms with E-state index in [4.69, 9.17) is 9.72 Å². The third-order valence-corrected chi connectivity index (χ3v) is 6.94. The Kier molecular flexibility index (Phi) is 8.48. The van der Waals surface area contributed by atoms with Gasteiger partial charge in [0.1, 0.15) is 19.3 Å². The van der Waals surface area contributed by atoms with Crippen LogP contribution >= 0.6 is 0 Å². The Bertz CT molecular complexity index is 1380. The molecule has 12 heteroatoms. The second-order valence-corrected chi connectivity index (χ2v) is 11.2. The van der Waals surface area contributed by atoms with Gasteiger partial charge in [-0.1, -0.05) is 17.6 Å². The standard InChI is InChI=1S/C28H36BN5O6/c1-17-20(8-9-24(35)39-5)26(37)34(25(17)36)31-23-14-18(21-7-6-19(29)15-22(21)30-23)16-32-10-12-33(13-11-32)27(38)40-28(2,3)4/h6-7,14-15H,8-13,16,29H2,1-5H3,(H,30,31). The molecule has 2 aliphatic rings. The Hall–Kier alpha value is -3.93. The van der Waals surface area contributed by atoms with Gasteiger partial charge in [0.25, 0.3) is 11.8 Å². The Morgan fingerprint density at radius 1 is 1.07 bits per heavy atom. The Balaban J connectivity index is 1.51. The zero-order valence-corrected chi connectivity index (χ0v) is 24.0. The van der Waals surface area contributed by atoms with Crippen LogP contribution in [0.1, 0.15) is 46.1 Å². The normalized spacial score (nSPS) is 16.6. The summed E-state index contributed by atoms with van der Waals surface area (Å²) < 4.78 is 10.2. The predicted octanol–water partition coefficient (Wildman–Crippen LogP) is 1.51. The monoisotopic (exact) mass is 549 g/mol. The molecule has 0 radical (unpaired) electrons. The number of piperazine rings is 1. The average Bonchev–Trinajstić information content (AvgIpc) is 3.09. The van der Waals surface area contributed by atoms with Crippen LogP contribution < -0.4 is 10.9 Å². The molecular weight excluding hydrogens is 513 g/mol. The fourth-order valence-corrected chi connectivity index (χ4v) is 4.78. The van der Waals surface area contributed by atoms with Crippen LogP contribution in [0.2, 0.25) is 0 Å². The minimum atomic E-state index is -0.542. The van der Waals surface area contributed by atoms with E-state index in [-0.39, 0.29) is 24.5 Å². The number of ether oxygens (including phenoxy) is 2. The minimum absolute atomic E-state index is 0.00880. The number of carbonyl (C=O) groups is 4. The molecule has 4 rings (SSSR count).